The lowest BCUT2D eigenvalue weighted by molar-refractivity contribution is -0.150. The average molecular weight is 1060 g/mol. The number of alkyl halides is 4. The summed E-state index contributed by atoms with van der Waals surface area (Å²) in [4.78, 5) is 47.7. The Morgan fingerprint density at radius 1 is 0.754 bits per heavy atom. The second-order valence-corrected chi connectivity index (χ2v) is 26.8. The van der Waals surface area contributed by atoms with E-state index in [0.717, 1.165) is 77.0 Å². The lowest BCUT2D eigenvalue weighted by Crippen LogP contribution is -2.56. The molecular weight excluding hydrogens is 969 g/mol. The van der Waals surface area contributed by atoms with Gasteiger partial charge in [-0.05, 0) is 99.7 Å². The molecule has 0 spiro atoms. The second-order valence-electron chi connectivity index (χ2n) is 23.2. The number of amidine groups is 1. The number of carbonyl (C=O) groups is 3. The van der Waals surface area contributed by atoms with Gasteiger partial charge in [-0.25, -0.2) is 5.01 Å². The van der Waals surface area contributed by atoms with Crippen LogP contribution in [0.5, 0.6) is 0 Å². The molecule has 398 valence electrons. The Balaban J connectivity index is 1.25. The van der Waals surface area contributed by atoms with Gasteiger partial charge in [-0.2, -0.15) is 0 Å². The highest BCUT2D eigenvalue weighted by Gasteiger charge is 2.50. The summed E-state index contributed by atoms with van der Waals surface area (Å²) in [6.07, 6.45) is 26.6. The number of thioether (sulfide) groups is 1. The smallest absolute Gasteiger partial charge is 0.262 e. The lowest BCUT2D eigenvalue weighted by atomic mass is 9.60. The number of halogens is 4. The highest BCUT2D eigenvalue weighted by molar-refractivity contribution is 8.02. The molecule has 12 unspecified atom stereocenters. The molecule has 5 fully saturated rings. The Labute approximate surface area is 444 Å². The molecule has 4 saturated carbocycles. The molecule has 0 radical (unpaired) electrons. The van der Waals surface area contributed by atoms with Crippen molar-refractivity contribution in [2.24, 2.45) is 27.7 Å². The molecule has 0 aromatic heterocycles. The van der Waals surface area contributed by atoms with Gasteiger partial charge in [0.05, 0.1) is 34.3 Å². The highest BCUT2D eigenvalue weighted by atomic mass is 35.5. The first-order chi connectivity index (χ1) is 32.9. The number of rotatable bonds is 26. The molecule has 4 aliphatic carbocycles. The fraction of sp³-hybridized carbons (Fsp3) is 0.927. The Bertz CT molecular complexity index is 1610. The van der Waals surface area contributed by atoms with Crippen LogP contribution in [-0.4, -0.2) is 96.9 Å². The van der Waals surface area contributed by atoms with E-state index in [1.807, 2.05) is 0 Å². The van der Waals surface area contributed by atoms with Gasteiger partial charge in [0.25, 0.3) is 5.91 Å². The Morgan fingerprint density at radius 2 is 1.38 bits per heavy atom. The summed E-state index contributed by atoms with van der Waals surface area (Å²) >= 11 is 29.2. The molecule has 0 bridgehead atoms. The molecule has 1 aliphatic heterocycles. The van der Waals surface area contributed by atoms with Crippen molar-refractivity contribution in [3.8, 4) is 0 Å². The van der Waals surface area contributed by atoms with Gasteiger partial charge in [-0.1, -0.05) is 145 Å². The van der Waals surface area contributed by atoms with E-state index in [1.165, 1.54) is 57.8 Å². The van der Waals surface area contributed by atoms with Crippen LogP contribution in [0.3, 0.4) is 0 Å². The molecule has 1 heterocycles. The topological polar surface area (TPSA) is 112 Å². The second kappa shape index (κ2) is 28.9. The van der Waals surface area contributed by atoms with Crippen LogP contribution in [0.15, 0.2) is 4.99 Å². The standard InChI is InChI=1S/C55H95Cl4N5O4S/c1-9-13-14-15-16-17-18-19-20-21-22-27-48(65)60-38-29-30-40(57)44(35-38)61-51-50(53(67)64(63-51)49-41(58)33-37(56)34-42(49)59)69-47-26-24-23-25-43(47)62-52(66)45(10-2)68-46-31-28-36(54(5,6)11-3)32-39(46)55(7,8)12-4/h36-47,49-50H,9-35H2,1-8H3,(H,60,65)(H,61,63)(H,62,66). The van der Waals surface area contributed by atoms with Crippen LogP contribution in [0.2, 0.25) is 0 Å². The van der Waals surface area contributed by atoms with Crippen molar-refractivity contribution in [3.05, 3.63) is 0 Å². The number of unbranched alkanes of at least 4 members (excludes halogenated alkanes) is 10. The van der Waals surface area contributed by atoms with Crippen LogP contribution in [0.25, 0.3) is 0 Å². The molecule has 3 N–H and O–H groups in total. The summed E-state index contributed by atoms with van der Waals surface area (Å²) in [5.74, 6) is 1.46. The maximum atomic E-state index is 14.8. The maximum Gasteiger partial charge on any atom is 0.262 e. The molecule has 9 nitrogen and oxygen atoms in total. The summed E-state index contributed by atoms with van der Waals surface area (Å²) in [5, 5.41) is 6.42. The van der Waals surface area contributed by atoms with E-state index in [1.54, 1.807) is 16.8 Å². The van der Waals surface area contributed by atoms with E-state index in [9.17, 15) is 14.4 Å². The van der Waals surface area contributed by atoms with Crippen LogP contribution in [0.1, 0.15) is 229 Å². The summed E-state index contributed by atoms with van der Waals surface area (Å²) in [7, 11) is 0. The quantitative estimate of drug-likeness (QED) is 0.0588. The van der Waals surface area contributed by atoms with Gasteiger partial charge in [0.2, 0.25) is 11.8 Å². The zero-order valence-corrected chi connectivity index (χ0v) is 48.0. The summed E-state index contributed by atoms with van der Waals surface area (Å²) in [6, 6.07) is -0.969. The minimum Gasteiger partial charge on any atom is -0.365 e. The third-order valence-corrected chi connectivity index (χ3v) is 20.8. The van der Waals surface area contributed by atoms with Gasteiger partial charge in [0, 0.05) is 29.1 Å². The number of nitrogens with one attached hydrogen (secondary N) is 3. The number of hydrazine groups is 1. The van der Waals surface area contributed by atoms with Gasteiger partial charge in [0.1, 0.15) is 17.2 Å². The van der Waals surface area contributed by atoms with Crippen LogP contribution in [0.4, 0.5) is 0 Å². The fourth-order valence-electron chi connectivity index (χ4n) is 12.0. The van der Waals surface area contributed by atoms with Crippen molar-refractivity contribution in [2.45, 2.75) is 297 Å². The molecule has 1 saturated heterocycles. The molecular formula is C55H95Cl4N5O4S. The number of amides is 3. The maximum absolute atomic E-state index is 14.8. The van der Waals surface area contributed by atoms with Gasteiger partial charge in [-0.3, -0.25) is 24.8 Å². The number of hydrogen-bond acceptors (Lipinski definition) is 6. The highest BCUT2D eigenvalue weighted by Crippen LogP contribution is 2.50. The van der Waals surface area contributed by atoms with E-state index in [4.69, 9.17) is 56.1 Å². The third-order valence-electron chi connectivity index (χ3n) is 17.4. The van der Waals surface area contributed by atoms with Gasteiger partial charge in [0.15, 0.2) is 0 Å². The Kier molecular flexibility index (Phi) is 24.8. The van der Waals surface area contributed by atoms with Crippen molar-refractivity contribution in [1.82, 2.24) is 21.1 Å². The van der Waals surface area contributed by atoms with Crippen LogP contribution in [-0.2, 0) is 19.1 Å². The molecule has 0 aromatic carbocycles. The van der Waals surface area contributed by atoms with E-state index >= 15 is 0 Å². The minimum absolute atomic E-state index is 0.0289. The average Bonchev–Trinajstić information content (AvgIpc) is 3.60. The first-order valence-corrected chi connectivity index (χ1v) is 30.8. The zero-order chi connectivity index (χ0) is 50.3. The van der Waals surface area contributed by atoms with E-state index < -0.39 is 28.1 Å². The third kappa shape index (κ3) is 17.2. The monoisotopic (exact) mass is 1060 g/mol. The zero-order valence-electron chi connectivity index (χ0n) is 44.1. The summed E-state index contributed by atoms with van der Waals surface area (Å²) < 4.78 is 6.95. The molecule has 12 atom stereocenters. The number of carbonyl (C=O) groups excluding carboxylic acids is 3. The Morgan fingerprint density at radius 3 is 2.00 bits per heavy atom. The predicted molar refractivity (Wildman–Crippen MR) is 293 cm³/mol. The molecule has 3 amide bonds. The van der Waals surface area contributed by atoms with E-state index in [2.05, 4.69) is 71.4 Å². The first kappa shape index (κ1) is 59.2. The van der Waals surface area contributed by atoms with Crippen LogP contribution < -0.4 is 16.1 Å². The fourth-order valence-corrected chi connectivity index (χ4v) is 15.4. The normalized spacial score (nSPS) is 33.6. The number of nitrogens with zero attached hydrogens (tertiary/aromatic N) is 2. The lowest BCUT2D eigenvalue weighted by Gasteiger charge is -2.49. The molecule has 69 heavy (non-hydrogen) atoms. The molecule has 14 heteroatoms. The number of hydrogen-bond donors (Lipinski definition) is 3. The van der Waals surface area contributed by atoms with Crippen LogP contribution in [0, 0.1) is 22.7 Å². The predicted octanol–water partition coefficient (Wildman–Crippen LogP) is 14.0. The SMILES string of the molecule is CCCCCCCCCCCCCC(=O)NC1CCC(Cl)C(N=C2NN(C3C(Cl)CC(Cl)CC3Cl)C(=O)C2SC2CCCCC2NC(=O)C(CC)OC2CCC(C(C)(C)CC)CC2C(C)(C)CC)C1. The summed E-state index contributed by atoms with van der Waals surface area (Å²) in [5.41, 5.74) is 3.80. The Hall–Kier alpha value is -0.650. The molecule has 5 aliphatic rings. The van der Waals surface area contributed by atoms with Gasteiger partial charge >= 0.3 is 0 Å². The number of aliphatic imine (C=N–C) groups is 1. The van der Waals surface area contributed by atoms with Gasteiger partial charge in [-0.15, -0.1) is 58.2 Å². The van der Waals surface area contributed by atoms with Crippen molar-refractivity contribution >= 4 is 81.7 Å². The first-order valence-electron chi connectivity index (χ1n) is 28.1. The number of ether oxygens (including phenoxy) is 1. The largest absolute Gasteiger partial charge is 0.365 e. The van der Waals surface area contributed by atoms with Crippen molar-refractivity contribution in [2.75, 3.05) is 0 Å². The van der Waals surface area contributed by atoms with Gasteiger partial charge < -0.3 is 15.4 Å². The molecule has 0 aromatic rings. The van der Waals surface area contributed by atoms with E-state index in [-0.39, 0.29) is 68.8 Å². The molecule has 5 rings (SSSR count). The van der Waals surface area contributed by atoms with Crippen molar-refractivity contribution in [1.29, 1.82) is 0 Å². The van der Waals surface area contributed by atoms with E-state index in [0.29, 0.717) is 56.2 Å². The minimum atomic E-state index is -0.660. The van der Waals surface area contributed by atoms with Crippen molar-refractivity contribution in [3.63, 3.8) is 0 Å². The van der Waals surface area contributed by atoms with Crippen molar-refractivity contribution < 1.29 is 19.1 Å². The van der Waals surface area contributed by atoms with Crippen LogP contribution >= 0.6 is 58.2 Å². The summed E-state index contributed by atoms with van der Waals surface area (Å²) in [6.45, 7) is 18.5.